The molecule has 5 heteroatoms. The van der Waals surface area contributed by atoms with Gasteiger partial charge in [-0.15, -0.1) is 0 Å². The summed E-state index contributed by atoms with van der Waals surface area (Å²) in [7, 11) is -3.73. The molecule has 0 fully saturated rings. The van der Waals surface area contributed by atoms with Gasteiger partial charge in [0.25, 0.3) is 10.0 Å². The minimum absolute atomic E-state index is 0.316. The zero-order valence-electron chi connectivity index (χ0n) is 16.5. The second-order valence-corrected chi connectivity index (χ2v) is 8.83. The molecule has 0 saturated heterocycles. The highest BCUT2D eigenvalue weighted by Crippen LogP contribution is 2.41. The fourth-order valence-corrected chi connectivity index (χ4v) is 5.53. The van der Waals surface area contributed by atoms with Gasteiger partial charge in [-0.05, 0) is 42.7 Å². The van der Waals surface area contributed by atoms with Crippen LogP contribution in [0.15, 0.2) is 84.1 Å². The van der Waals surface area contributed by atoms with Crippen molar-refractivity contribution in [1.82, 2.24) is 9.29 Å². The van der Waals surface area contributed by atoms with E-state index in [1.165, 1.54) is 4.31 Å². The fourth-order valence-electron chi connectivity index (χ4n) is 3.88. The van der Waals surface area contributed by atoms with E-state index in [0.29, 0.717) is 11.3 Å². The van der Waals surface area contributed by atoms with E-state index >= 15 is 0 Å². The van der Waals surface area contributed by atoms with Gasteiger partial charge in [0, 0.05) is 28.9 Å². The van der Waals surface area contributed by atoms with E-state index in [1.54, 1.807) is 24.4 Å². The van der Waals surface area contributed by atoms with Crippen molar-refractivity contribution in [3.05, 3.63) is 101 Å². The molecule has 1 atom stereocenters. The topological polar surface area (TPSA) is 53.2 Å². The Balaban J connectivity index is 1.95. The van der Waals surface area contributed by atoms with Gasteiger partial charge in [0.1, 0.15) is 0 Å². The number of fused-ring (bicyclic) bond motifs is 2. The predicted molar refractivity (Wildman–Crippen MR) is 120 cm³/mol. The smallest absolute Gasteiger partial charge is 0.264 e. The van der Waals surface area contributed by atoms with E-state index in [9.17, 15) is 8.42 Å². The maximum Gasteiger partial charge on any atom is 0.264 e. The summed E-state index contributed by atoms with van der Waals surface area (Å²) in [4.78, 5) is 3.61. The molecule has 0 bridgehead atoms. The largest absolute Gasteiger partial charge is 0.361 e. The standard InChI is InChI=1S/C24H24N2O2S/c1-3-9-19(10-4-2)29(27,28)26-16-15-18-11-5-6-12-20(18)24(26)22-17-25-23-14-8-7-13-21(22)23/h3,5-17,24-25H,4H2,1-2H3/b9-3-,19-10+. The van der Waals surface area contributed by atoms with Crippen molar-refractivity contribution < 1.29 is 8.42 Å². The molecule has 148 valence electrons. The summed E-state index contributed by atoms with van der Waals surface area (Å²) in [5.41, 5.74) is 3.93. The van der Waals surface area contributed by atoms with E-state index in [-0.39, 0.29) is 0 Å². The van der Waals surface area contributed by atoms with Crippen LogP contribution in [0.5, 0.6) is 0 Å². The number of hydrogen-bond donors (Lipinski definition) is 1. The Hall–Kier alpha value is -3.05. The molecule has 1 aliphatic rings. The lowest BCUT2D eigenvalue weighted by Crippen LogP contribution is -2.33. The Morgan fingerprint density at radius 3 is 2.66 bits per heavy atom. The van der Waals surface area contributed by atoms with Gasteiger partial charge in [-0.2, -0.15) is 0 Å². The molecule has 0 spiro atoms. The molecule has 0 radical (unpaired) electrons. The molecule has 0 aliphatic carbocycles. The molecule has 1 aliphatic heterocycles. The average molecular weight is 405 g/mol. The molecular weight excluding hydrogens is 380 g/mol. The van der Waals surface area contributed by atoms with Gasteiger partial charge >= 0.3 is 0 Å². The number of nitrogens with zero attached hydrogens (tertiary/aromatic N) is 1. The van der Waals surface area contributed by atoms with Crippen LogP contribution in [0.3, 0.4) is 0 Å². The fraction of sp³-hybridized carbons (Fsp3) is 0.167. The first kappa shape index (κ1) is 19.3. The van der Waals surface area contributed by atoms with Gasteiger partial charge in [0.15, 0.2) is 0 Å². The number of sulfonamides is 1. The third kappa shape index (κ3) is 3.32. The van der Waals surface area contributed by atoms with Crippen LogP contribution in [0.1, 0.15) is 43.0 Å². The van der Waals surface area contributed by atoms with Crippen LogP contribution in [0.2, 0.25) is 0 Å². The molecule has 2 aromatic carbocycles. The molecule has 29 heavy (non-hydrogen) atoms. The first-order chi connectivity index (χ1) is 14.1. The minimum Gasteiger partial charge on any atom is -0.361 e. The van der Waals surface area contributed by atoms with Gasteiger partial charge in [0.2, 0.25) is 0 Å². The molecule has 2 heterocycles. The van der Waals surface area contributed by atoms with Crippen LogP contribution in [-0.2, 0) is 10.0 Å². The molecule has 4 nitrogen and oxygen atoms in total. The molecule has 4 rings (SSSR count). The van der Waals surface area contributed by atoms with Crippen LogP contribution < -0.4 is 0 Å². The number of hydrogen-bond acceptors (Lipinski definition) is 2. The second-order valence-electron chi connectivity index (χ2n) is 6.99. The first-order valence-corrected chi connectivity index (χ1v) is 11.2. The van der Waals surface area contributed by atoms with Crippen molar-refractivity contribution in [1.29, 1.82) is 0 Å². The number of H-pyrrole nitrogens is 1. The highest BCUT2D eigenvalue weighted by Gasteiger charge is 2.35. The molecule has 0 amide bonds. The Morgan fingerprint density at radius 1 is 1.10 bits per heavy atom. The van der Waals surface area contributed by atoms with Crippen LogP contribution in [-0.4, -0.2) is 17.7 Å². The van der Waals surface area contributed by atoms with Crippen molar-refractivity contribution in [3.8, 4) is 0 Å². The molecule has 1 unspecified atom stereocenters. The Morgan fingerprint density at radius 2 is 1.86 bits per heavy atom. The Labute approximate surface area is 171 Å². The lowest BCUT2D eigenvalue weighted by Gasteiger charge is -2.34. The first-order valence-electron chi connectivity index (χ1n) is 9.77. The summed E-state index contributed by atoms with van der Waals surface area (Å²) >= 11 is 0. The van der Waals surface area contributed by atoms with Crippen LogP contribution in [0.4, 0.5) is 0 Å². The summed E-state index contributed by atoms with van der Waals surface area (Å²) in [5.74, 6) is 0. The number of para-hydroxylation sites is 1. The number of rotatable bonds is 5. The number of aromatic nitrogens is 1. The Bertz CT molecular complexity index is 1230. The summed E-state index contributed by atoms with van der Waals surface area (Å²) in [6.07, 6.45) is 11.3. The normalized spacial score (nSPS) is 17.2. The van der Waals surface area contributed by atoms with Gasteiger partial charge in [-0.3, -0.25) is 4.31 Å². The third-order valence-electron chi connectivity index (χ3n) is 5.17. The average Bonchev–Trinajstić information content (AvgIpc) is 3.16. The monoisotopic (exact) mass is 404 g/mol. The number of nitrogens with one attached hydrogen (secondary N) is 1. The maximum atomic E-state index is 13.7. The number of aromatic amines is 1. The molecule has 1 aromatic heterocycles. The van der Waals surface area contributed by atoms with Gasteiger partial charge in [0.05, 0.1) is 10.9 Å². The summed E-state index contributed by atoms with van der Waals surface area (Å²) in [6, 6.07) is 15.5. The highest BCUT2D eigenvalue weighted by molar-refractivity contribution is 7.93. The van der Waals surface area contributed by atoms with E-state index < -0.39 is 16.1 Å². The molecule has 1 N–H and O–H groups in total. The van der Waals surface area contributed by atoms with Crippen LogP contribution in [0, 0.1) is 0 Å². The molecule has 0 saturated carbocycles. The van der Waals surface area contributed by atoms with E-state index in [1.807, 2.05) is 74.7 Å². The SMILES string of the molecule is C/C=C\C(=C/CC)S(=O)(=O)N1C=Cc2ccccc2C1c1c[nH]c2ccccc12. The minimum atomic E-state index is -3.73. The zero-order chi connectivity index (χ0) is 20.4. The van der Waals surface area contributed by atoms with Gasteiger partial charge < -0.3 is 4.98 Å². The summed E-state index contributed by atoms with van der Waals surface area (Å²) < 4.78 is 28.8. The van der Waals surface area contributed by atoms with E-state index in [4.69, 9.17) is 0 Å². The lowest BCUT2D eigenvalue weighted by molar-refractivity contribution is 0.454. The van der Waals surface area contributed by atoms with Gasteiger partial charge in [-0.25, -0.2) is 8.42 Å². The molecular formula is C24H24N2O2S. The quantitative estimate of drug-likeness (QED) is 0.551. The van der Waals surface area contributed by atoms with Crippen LogP contribution >= 0.6 is 0 Å². The third-order valence-corrected chi connectivity index (χ3v) is 6.96. The Kier molecular flexibility index (Phi) is 5.16. The van der Waals surface area contributed by atoms with Crippen molar-refractivity contribution >= 4 is 27.0 Å². The van der Waals surface area contributed by atoms with Crippen molar-refractivity contribution in [3.63, 3.8) is 0 Å². The number of allylic oxidation sites excluding steroid dienone is 3. The van der Waals surface area contributed by atoms with Crippen molar-refractivity contribution in [2.45, 2.75) is 26.3 Å². The number of benzene rings is 2. The van der Waals surface area contributed by atoms with Crippen molar-refractivity contribution in [2.24, 2.45) is 0 Å². The highest BCUT2D eigenvalue weighted by atomic mass is 32.2. The van der Waals surface area contributed by atoms with Crippen LogP contribution in [0.25, 0.3) is 17.0 Å². The lowest BCUT2D eigenvalue weighted by atomic mass is 9.92. The van der Waals surface area contributed by atoms with E-state index in [0.717, 1.165) is 27.6 Å². The maximum absolute atomic E-state index is 13.7. The molecule has 3 aromatic rings. The van der Waals surface area contributed by atoms with Crippen molar-refractivity contribution in [2.75, 3.05) is 0 Å². The predicted octanol–water partition coefficient (Wildman–Crippen LogP) is 5.74. The van der Waals surface area contributed by atoms with Gasteiger partial charge in [-0.1, -0.05) is 61.5 Å². The van der Waals surface area contributed by atoms with E-state index in [2.05, 4.69) is 4.98 Å². The summed E-state index contributed by atoms with van der Waals surface area (Å²) in [6.45, 7) is 3.77. The second kappa shape index (κ2) is 7.76. The summed E-state index contributed by atoms with van der Waals surface area (Å²) in [5, 5.41) is 1.02. The zero-order valence-corrected chi connectivity index (χ0v) is 17.4.